The number of halogens is 6. The zero-order valence-electron chi connectivity index (χ0n) is 22.2. The number of hydrogen-bond acceptors (Lipinski definition) is 13. The molecule has 254 valence electrons. The number of nitrogens with zero attached hydrogens (tertiary/aromatic N) is 4. The molecule has 3 rings (SSSR count). The fourth-order valence-electron chi connectivity index (χ4n) is 3.11. The van der Waals surface area contributed by atoms with Crippen molar-refractivity contribution in [3.05, 3.63) is 23.8 Å². The number of tetrazole rings is 1. The third kappa shape index (κ3) is 11.5. The van der Waals surface area contributed by atoms with Crippen molar-refractivity contribution in [2.75, 3.05) is 37.6 Å². The number of H-pyrrole nitrogens is 1. The molecule has 0 saturated carbocycles. The largest absolute Gasteiger partial charge is 0.490 e. The normalized spacial score (nSPS) is 14.4. The Hall–Kier alpha value is -3.95. The van der Waals surface area contributed by atoms with Gasteiger partial charge in [-0.3, -0.25) is 0 Å². The molecule has 1 atom stereocenters. The molecule has 1 aromatic carbocycles. The van der Waals surface area contributed by atoms with E-state index in [1.54, 1.807) is 4.90 Å². The zero-order chi connectivity index (χ0) is 35.0. The number of hydrogen-bond donors (Lipinski definition) is 8. The van der Waals surface area contributed by atoms with E-state index in [1.165, 1.54) is 6.07 Å². The molecule has 0 aliphatic carbocycles. The molecule has 26 heteroatoms. The van der Waals surface area contributed by atoms with Crippen molar-refractivity contribution in [3.63, 3.8) is 0 Å². The first-order valence-electron chi connectivity index (χ1n) is 11.5. The maximum Gasteiger partial charge on any atom is 0.490 e. The van der Waals surface area contributed by atoms with Crippen molar-refractivity contribution < 1.29 is 68.1 Å². The number of nitrogens with one attached hydrogen (secondary N) is 2. The Morgan fingerprint density at radius 2 is 1.58 bits per heavy atom. The predicted octanol–water partition coefficient (Wildman–Crippen LogP) is -1.92. The first kappa shape index (κ1) is 39.1. The van der Waals surface area contributed by atoms with E-state index < -0.39 is 66.8 Å². The molecule has 0 amide bonds. The van der Waals surface area contributed by atoms with Crippen LogP contribution in [0, 0.1) is 0 Å². The summed E-state index contributed by atoms with van der Waals surface area (Å²) in [6.45, 7) is 0.518. The van der Waals surface area contributed by atoms with Crippen LogP contribution in [-0.4, -0.2) is 116 Å². The molecule has 11 N–H and O–H groups in total. The number of rotatable bonds is 9. The number of aliphatic carboxylic acids is 2. The number of carboxylic acids is 2. The Kier molecular flexibility index (Phi) is 13.3. The van der Waals surface area contributed by atoms with E-state index in [-0.39, 0.29) is 17.9 Å². The lowest BCUT2D eigenvalue weighted by atomic mass is 10.1. The van der Waals surface area contributed by atoms with Crippen LogP contribution in [0.25, 0.3) is 11.4 Å². The first-order valence-corrected chi connectivity index (χ1v) is 14.5. The van der Waals surface area contributed by atoms with Gasteiger partial charge in [-0.05, 0) is 22.9 Å². The fourth-order valence-corrected chi connectivity index (χ4v) is 5.77. The summed E-state index contributed by atoms with van der Waals surface area (Å²) in [5, 5.41) is 42.6. The highest BCUT2D eigenvalue weighted by Crippen LogP contribution is 2.39. The van der Waals surface area contributed by atoms with Crippen molar-refractivity contribution >= 4 is 37.7 Å². The Bertz CT molecular complexity index is 1560. The monoisotopic (exact) mass is 701 g/mol. The Labute approximate surface area is 249 Å². The highest BCUT2D eigenvalue weighted by atomic mass is 32.2. The van der Waals surface area contributed by atoms with E-state index in [0.717, 1.165) is 11.6 Å². The van der Waals surface area contributed by atoms with Crippen LogP contribution in [0.4, 0.5) is 32.0 Å². The smallest absolute Gasteiger partial charge is 0.475 e. The second-order valence-electron chi connectivity index (χ2n) is 8.36. The molecule has 45 heavy (non-hydrogen) atoms. The van der Waals surface area contributed by atoms with E-state index in [9.17, 15) is 48.3 Å². The maximum atomic E-state index is 12.9. The number of carbonyl (C=O) groups is 2. The minimum atomic E-state index is -5.08. The third-order valence-corrected chi connectivity index (χ3v) is 7.69. The summed E-state index contributed by atoms with van der Waals surface area (Å²) in [4.78, 5) is 18.3. The lowest BCUT2D eigenvalue weighted by Crippen LogP contribution is -2.37. The van der Waals surface area contributed by atoms with Crippen LogP contribution in [0.1, 0.15) is 0 Å². The van der Waals surface area contributed by atoms with Gasteiger partial charge in [0.05, 0.1) is 11.7 Å². The standard InChI is InChI=1S/C15H23N9O5S2.2C2HF3O2/c16-5-9-3-4-24(8-9)11-1-2-12(31(28,29)19-7-10(25)6-17)14(30(18,26)27)13(11)15-20-22-23-21-15;2*3-2(4,5)1(6)7/h1-3,10,19,25H,4-8,16-17H2,(H2,18,26,27)(H,20,21,22,23);2*(H,6,7)/t10-;;/m1../s1. The summed E-state index contributed by atoms with van der Waals surface area (Å²) in [6, 6.07) is 2.55. The van der Waals surface area contributed by atoms with Crippen molar-refractivity contribution in [1.82, 2.24) is 25.3 Å². The summed E-state index contributed by atoms with van der Waals surface area (Å²) < 4.78 is 117. The lowest BCUT2D eigenvalue weighted by molar-refractivity contribution is -0.193. The molecule has 0 bridgehead atoms. The van der Waals surface area contributed by atoms with Gasteiger partial charge in [0.15, 0.2) is 0 Å². The molecule has 0 radical (unpaired) electrons. The van der Waals surface area contributed by atoms with Gasteiger partial charge in [-0.2, -0.15) is 31.6 Å². The van der Waals surface area contributed by atoms with Crippen LogP contribution < -0.4 is 26.2 Å². The SMILES string of the molecule is NCC1=CCN(c2ccc(S(=O)(=O)NC[C@H](O)CN)c(S(N)(=O)=O)c2-c2nn[nH]n2)C1.O=C(O)C(F)(F)F.O=C(O)C(F)(F)F. The highest BCUT2D eigenvalue weighted by Gasteiger charge is 2.39. The molecule has 0 saturated heterocycles. The van der Waals surface area contributed by atoms with Crippen LogP contribution >= 0.6 is 0 Å². The number of sulfonamides is 2. The van der Waals surface area contributed by atoms with Crippen molar-refractivity contribution in [2.45, 2.75) is 28.2 Å². The number of aliphatic hydroxyl groups excluding tert-OH is 1. The number of carboxylic acid groups (broad SMARTS) is 2. The van der Waals surface area contributed by atoms with E-state index in [4.69, 9.17) is 36.4 Å². The molecule has 2 heterocycles. The number of alkyl halides is 6. The number of aromatic nitrogens is 4. The summed E-state index contributed by atoms with van der Waals surface area (Å²) in [6.07, 6.45) is -9.44. The second-order valence-corrected chi connectivity index (χ2v) is 11.6. The molecular formula is C19H25F6N9O9S2. The molecule has 1 aliphatic heterocycles. The molecule has 2 aromatic rings. The number of aliphatic hydroxyl groups is 1. The minimum Gasteiger partial charge on any atom is -0.475 e. The van der Waals surface area contributed by atoms with Gasteiger partial charge in [-0.15, -0.1) is 10.2 Å². The van der Waals surface area contributed by atoms with Gasteiger partial charge >= 0.3 is 24.3 Å². The number of aromatic amines is 1. The Morgan fingerprint density at radius 3 is 1.96 bits per heavy atom. The zero-order valence-corrected chi connectivity index (χ0v) is 23.9. The van der Waals surface area contributed by atoms with Gasteiger partial charge in [-0.1, -0.05) is 6.08 Å². The topological polar surface area (TPSA) is 311 Å². The van der Waals surface area contributed by atoms with E-state index in [2.05, 4.69) is 25.3 Å². The predicted molar refractivity (Wildman–Crippen MR) is 138 cm³/mol. The van der Waals surface area contributed by atoms with E-state index in [0.29, 0.717) is 25.3 Å². The van der Waals surface area contributed by atoms with Gasteiger partial charge < -0.3 is 31.7 Å². The van der Waals surface area contributed by atoms with Crippen LogP contribution in [0.15, 0.2) is 33.6 Å². The molecule has 0 spiro atoms. The average Bonchev–Trinajstić information content (AvgIpc) is 3.62. The molecule has 1 aliphatic rings. The highest BCUT2D eigenvalue weighted by molar-refractivity contribution is 7.92. The minimum absolute atomic E-state index is 0.120. The summed E-state index contributed by atoms with van der Waals surface area (Å²) in [5.41, 5.74) is 12.1. The van der Waals surface area contributed by atoms with Crippen LogP contribution in [0.2, 0.25) is 0 Å². The van der Waals surface area contributed by atoms with Crippen LogP contribution in [0.3, 0.4) is 0 Å². The summed E-state index contributed by atoms with van der Waals surface area (Å²) in [7, 11) is -9.00. The van der Waals surface area contributed by atoms with Gasteiger partial charge in [0.25, 0.3) is 0 Å². The third-order valence-electron chi connectivity index (χ3n) is 5.11. The number of anilines is 1. The molecule has 0 unspecified atom stereocenters. The Morgan fingerprint density at radius 1 is 1.04 bits per heavy atom. The van der Waals surface area contributed by atoms with Crippen molar-refractivity contribution in [3.8, 4) is 11.4 Å². The first-order chi connectivity index (χ1) is 20.5. The van der Waals surface area contributed by atoms with Crippen molar-refractivity contribution in [2.24, 2.45) is 16.6 Å². The van der Waals surface area contributed by atoms with Crippen molar-refractivity contribution in [1.29, 1.82) is 0 Å². The molecule has 0 fully saturated rings. The van der Waals surface area contributed by atoms with E-state index >= 15 is 0 Å². The van der Waals surface area contributed by atoms with E-state index in [1.807, 2.05) is 6.08 Å². The number of benzene rings is 1. The Balaban J connectivity index is 0.000000601. The quantitative estimate of drug-likeness (QED) is 0.104. The van der Waals surface area contributed by atoms with Gasteiger partial charge in [0.1, 0.15) is 9.79 Å². The fraction of sp³-hybridized carbons (Fsp3) is 0.421. The number of nitrogens with two attached hydrogens (primary N) is 3. The van der Waals surface area contributed by atoms with Gasteiger partial charge in [-0.25, -0.2) is 36.3 Å². The number of primary sulfonamides is 1. The second kappa shape index (κ2) is 15.4. The lowest BCUT2D eigenvalue weighted by Gasteiger charge is -2.24. The maximum absolute atomic E-state index is 12.9. The summed E-state index contributed by atoms with van der Waals surface area (Å²) in [5.74, 6) is -5.67. The van der Waals surface area contributed by atoms with Gasteiger partial charge in [0.2, 0.25) is 25.9 Å². The molecular weight excluding hydrogens is 676 g/mol. The average molecular weight is 702 g/mol. The van der Waals surface area contributed by atoms with Crippen LogP contribution in [0.5, 0.6) is 0 Å². The molecule has 1 aromatic heterocycles. The van der Waals surface area contributed by atoms with Crippen LogP contribution in [-0.2, 0) is 29.6 Å². The molecule has 18 nitrogen and oxygen atoms in total. The summed E-state index contributed by atoms with van der Waals surface area (Å²) >= 11 is 0. The van der Waals surface area contributed by atoms with Gasteiger partial charge in [0, 0.05) is 38.4 Å².